The molecule has 0 fully saturated rings. The molecular formula is C12H12BrN3O. The highest BCUT2D eigenvalue weighted by Gasteiger charge is 2.05. The molecular weight excluding hydrogens is 282 g/mol. The van der Waals surface area contributed by atoms with E-state index in [4.69, 9.17) is 10.5 Å². The van der Waals surface area contributed by atoms with Crippen LogP contribution >= 0.6 is 15.9 Å². The molecule has 2 aromatic rings. The standard InChI is InChI=1S/C12H12BrN3O/c1-7-3-4-10(9(13)5-7)17-11-6-8(2)15-12(14)16-11/h3-6H,1-2H3,(H2,14,15,16). The molecule has 2 N–H and O–H groups in total. The highest BCUT2D eigenvalue weighted by molar-refractivity contribution is 9.10. The molecule has 4 nitrogen and oxygen atoms in total. The molecule has 1 heterocycles. The number of anilines is 1. The van der Waals surface area contributed by atoms with E-state index in [2.05, 4.69) is 25.9 Å². The second kappa shape index (κ2) is 4.71. The normalized spacial score (nSPS) is 10.3. The first-order valence-electron chi connectivity index (χ1n) is 5.10. The van der Waals surface area contributed by atoms with Crippen molar-refractivity contribution in [1.82, 2.24) is 9.97 Å². The molecule has 0 aliphatic heterocycles. The fourth-order valence-electron chi connectivity index (χ4n) is 1.42. The van der Waals surface area contributed by atoms with Crippen molar-refractivity contribution in [2.24, 2.45) is 0 Å². The highest BCUT2D eigenvalue weighted by Crippen LogP contribution is 2.29. The van der Waals surface area contributed by atoms with E-state index in [1.54, 1.807) is 6.07 Å². The van der Waals surface area contributed by atoms with Gasteiger partial charge in [0.25, 0.3) is 0 Å². The van der Waals surface area contributed by atoms with Gasteiger partial charge in [-0.1, -0.05) is 6.07 Å². The number of hydrogen-bond acceptors (Lipinski definition) is 4. The summed E-state index contributed by atoms with van der Waals surface area (Å²) in [5, 5.41) is 0. The lowest BCUT2D eigenvalue weighted by molar-refractivity contribution is 0.459. The van der Waals surface area contributed by atoms with E-state index in [1.807, 2.05) is 32.0 Å². The van der Waals surface area contributed by atoms with Gasteiger partial charge in [-0.05, 0) is 47.5 Å². The minimum Gasteiger partial charge on any atom is -0.438 e. The molecule has 1 aromatic carbocycles. The number of aryl methyl sites for hydroxylation is 2. The summed E-state index contributed by atoms with van der Waals surface area (Å²) in [5.74, 6) is 1.36. The van der Waals surface area contributed by atoms with Crippen LogP contribution < -0.4 is 10.5 Å². The molecule has 0 bridgehead atoms. The van der Waals surface area contributed by atoms with Gasteiger partial charge in [-0.2, -0.15) is 4.98 Å². The SMILES string of the molecule is Cc1ccc(Oc2cc(C)nc(N)n2)c(Br)c1. The lowest BCUT2D eigenvalue weighted by atomic mass is 10.2. The van der Waals surface area contributed by atoms with Crippen LogP contribution in [0.15, 0.2) is 28.7 Å². The summed E-state index contributed by atoms with van der Waals surface area (Å²) in [4.78, 5) is 8.00. The summed E-state index contributed by atoms with van der Waals surface area (Å²) in [5.41, 5.74) is 7.49. The van der Waals surface area contributed by atoms with Crippen LogP contribution in [0.25, 0.3) is 0 Å². The van der Waals surface area contributed by atoms with E-state index in [-0.39, 0.29) is 5.95 Å². The van der Waals surface area contributed by atoms with Gasteiger partial charge in [0.15, 0.2) is 0 Å². The molecule has 1 aromatic heterocycles. The monoisotopic (exact) mass is 293 g/mol. The number of aromatic nitrogens is 2. The van der Waals surface area contributed by atoms with Gasteiger partial charge in [-0.15, -0.1) is 0 Å². The van der Waals surface area contributed by atoms with E-state index in [0.29, 0.717) is 11.6 Å². The van der Waals surface area contributed by atoms with E-state index in [9.17, 15) is 0 Å². The van der Waals surface area contributed by atoms with E-state index >= 15 is 0 Å². The molecule has 88 valence electrons. The van der Waals surface area contributed by atoms with Crippen molar-refractivity contribution < 1.29 is 4.74 Å². The fraction of sp³-hybridized carbons (Fsp3) is 0.167. The van der Waals surface area contributed by atoms with Gasteiger partial charge in [0, 0.05) is 11.8 Å². The zero-order chi connectivity index (χ0) is 12.4. The van der Waals surface area contributed by atoms with Gasteiger partial charge in [0.05, 0.1) is 4.47 Å². The Labute approximate surface area is 108 Å². The van der Waals surface area contributed by atoms with Crippen molar-refractivity contribution >= 4 is 21.9 Å². The molecule has 0 radical (unpaired) electrons. The highest BCUT2D eigenvalue weighted by atomic mass is 79.9. The van der Waals surface area contributed by atoms with Crippen molar-refractivity contribution in [3.8, 4) is 11.6 Å². The number of nitrogens with two attached hydrogens (primary N) is 1. The Morgan fingerprint density at radius 2 is 1.94 bits per heavy atom. The number of rotatable bonds is 2. The molecule has 0 atom stereocenters. The van der Waals surface area contributed by atoms with Crippen molar-refractivity contribution in [2.75, 3.05) is 5.73 Å². The quantitative estimate of drug-likeness (QED) is 0.923. The summed E-state index contributed by atoms with van der Waals surface area (Å²) in [6.45, 7) is 3.86. The van der Waals surface area contributed by atoms with Crippen LogP contribution in [-0.4, -0.2) is 9.97 Å². The Morgan fingerprint density at radius 1 is 1.18 bits per heavy atom. The smallest absolute Gasteiger partial charge is 0.224 e. The predicted octanol–water partition coefficient (Wildman–Crippen LogP) is 3.23. The van der Waals surface area contributed by atoms with Crippen LogP contribution in [0.2, 0.25) is 0 Å². The topological polar surface area (TPSA) is 61.0 Å². The fourth-order valence-corrected chi connectivity index (χ4v) is 1.99. The summed E-state index contributed by atoms with van der Waals surface area (Å²) < 4.78 is 6.53. The Hall–Kier alpha value is -1.62. The third-order valence-corrected chi connectivity index (χ3v) is 2.77. The summed E-state index contributed by atoms with van der Waals surface area (Å²) in [6, 6.07) is 7.57. The van der Waals surface area contributed by atoms with E-state index < -0.39 is 0 Å². The molecule has 0 saturated carbocycles. The van der Waals surface area contributed by atoms with Crippen molar-refractivity contribution in [3.63, 3.8) is 0 Å². The first-order chi connectivity index (χ1) is 8.04. The Kier molecular flexibility index (Phi) is 3.28. The number of nitrogens with zero attached hydrogens (tertiary/aromatic N) is 2. The molecule has 5 heteroatoms. The molecule has 2 rings (SSSR count). The summed E-state index contributed by atoms with van der Waals surface area (Å²) in [6.07, 6.45) is 0. The van der Waals surface area contributed by atoms with Crippen molar-refractivity contribution in [3.05, 3.63) is 40.0 Å². The van der Waals surface area contributed by atoms with Crippen LogP contribution in [0.5, 0.6) is 11.6 Å². The molecule has 0 saturated heterocycles. The third kappa shape index (κ3) is 2.94. The van der Waals surface area contributed by atoms with Crippen LogP contribution in [0.4, 0.5) is 5.95 Å². The molecule has 17 heavy (non-hydrogen) atoms. The number of benzene rings is 1. The second-order valence-corrected chi connectivity index (χ2v) is 4.60. The first-order valence-corrected chi connectivity index (χ1v) is 5.89. The maximum absolute atomic E-state index is 5.65. The minimum absolute atomic E-state index is 0.211. The zero-order valence-corrected chi connectivity index (χ0v) is 11.2. The van der Waals surface area contributed by atoms with Crippen LogP contribution in [0.1, 0.15) is 11.3 Å². The van der Waals surface area contributed by atoms with Crippen LogP contribution in [-0.2, 0) is 0 Å². The number of nitrogen functional groups attached to an aromatic ring is 1. The number of ether oxygens (including phenoxy) is 1. The van der Waals surface area contributed by atoms with E-state index in [0.717, 1.165) is 15.7 Å². The largest absolute Gasteiger partial charge is 0.438 e. The van der Waals surface area contributed by atoms with Gasteiger partial charge in [0.2, 0.25) is 11.8 Å². The van der Waals surface area contributed by atoms with Crippen molar-refractivity contribution in [2.45, 2.75) is 13.8 Å². The Bertz CT molecular complexity index is 537. The summed E-state index contributed by atoms with van der Waals surface area (Å²) >= 11 is 3.44. The van der Waals surface area contributed by atoms with Crippen molar-refractivity contribution in [1.29, 1.82) is 0 Å². The van der Waals surface area contributed by atoms with Gasteiger partial charge < -0.3 is 10.5 Å². The molecule has 0 spiro atoms. The van der Waals surface area contributed by atoms with Gasteiger partial charge in [-0.25, -0.2) is 4.98 Å². The molecule has 0 amide bonds. The number of halogens is 1. The molecule has 0 aliphatic carbocycles. The molecule has 0 aliphatic rings. The Balaban J connectivity index is 2.31. The van der Waals surface area contributed by atoms with Gasteiger partial charge in [0.1, 0.15) is 5.75 Å². The maximum atomic E-state index is 5.65. The zero-order valence-electron chi connectivity index (χ0n) is 9.57. The van der Waals surface area contributed by atoms with Gasteiger partial charge in [-0.3, -0.25) is 0 Å². The first kappa shape index (κ1) is 11.9. The predicted molar refractivity (Wildman–Crippen MR) is 70.1 cm³/mol. The minimum atomic E-state index is 0.211. The lowest BCUT2D eigenvalue weighted by Gasteiger charge is -2.08. The second-order valence-electron chi connectivity index (χ2n) is 3.74. The lowest BCUT2D eigenvalue weighted by Crippen LogP contribution is -1.99. The third-order valence-electron chi connectivity index (χ3n) is 2.15. The van der Waals surface area contributed by atoms with E-state index in [1.165, 1.54) is 0 Å². The summed E-state index contributed by atoms with van der Waals surface area (Å²) in [7, 11) is 0. The number of hydrogen-bond donors (Lipinski definition) is 1. The van der Waals surface area contributed by atoms with Crippen LogP contribution in [0.3, 0.4) is 0 Å². The average molecular weight is 294 g/mol. The Morgan fingerprint density at radius 3 is 2.59 bits per heavy atom. The molecule has 0 unspecified atom stereocenters. The van der Waals surface area contributed by atoms with Gasteiger partial charge >= 0.3 is 0 Å². The van der Waals surface area contributed by atoms with Crippen LogP contribution in [0, 0.1) is 13.8 Å². The maximum Gasteiger partial charge on any atom is 0.224 e. The average Bonchev–Trinajstić information content (AvgIpc) is 2.21.